The lowest BCUT2D eigenvalue weighted by Crippen LogP contribution is -2.43. The number of nitrogens with zero attached hydrogens (tertiary/aromatic N) is 3. The minimum absolute atomic E-state index is 0.0808. The van der Waals surface area contributed by atoms with Crippen LogP contribution in [0.4, 0.5) is 10.1 Å². The summed E-state index contributed by atoms with van der Waals surface area (Å²) in [5, 5.41) is 15.3. The second kappa shape index (κ2) is 8.59. The predicted octanol–water partition coefficient (Wildman–Crippen LogP) is 1.62. The van der Waals surface area contributed by atoms with Crippen molar-refractivity contribution in [1.29, 1.82) is 5.26 Å². The van der Waals surface area contributed by atoms with Crippen LogP contribution in [0.3, 0.4) is 0 Å². The first-order valence-corrected chi connectivity index (χ1v) is 10.9. The molecule has 1 aromatic heterocycles. The number of hydrogen-bond donors (Lipinski definition) is 2. The molecule has 0 radical (unpaired) electrons. The summed E-state index contributed by atoms with van der Waals surface area (Å²) in [4.78, 5) is 6.29. The largest absolute Gasteiger partial charge is 0.493 e. The number of pyridine rings is 1. The molecule has 30 heavy (non-hydrogen) atoms. The molecule has 1 aromatic carbocycles. The molecule has 1 aliphatic heterocycles. The van der Waals surface area contributed by atoms with Gasteiger partial charge in [-0.05, 0) is 18.9 Å². The zero-order valence-corrected chi connectivity index (χ0v) is 17.6. The van der Waals surface area contributed by atoms with Crippen molar-refractivity contribution in [3.63, 3.8) is 0 Å². The average molecular weight is 437 g/mol. The predicted molar refractivity (Wildman–Crippen MR) is 111 cm³/mol. The van der Waals surface area contributed by atoms with Crippen LogP contribution in [0.5, 0.6) is 11.5 Å². The molecule has 0 spiro atoms. The first-order chi connectivity index (χ1) is 14.2. The van der Waals surface area contributed by atoms with Gasteiger partial charge in [0.1, 0.15) is 11.7 Å². The Kier molecular flexibility index (Phi) is 6.30. The van der Waals surface area contributed by atoms with E-state index < -0.39 is 15.9 Å². The van der Waals surface area contributed by atoms with Crippen molar-refractivity contribution in [3.05, 3.63) is 23.9 Å². The van der Waals surface area contributed by atoms with E-state index in [1.54, 1.807) is 12.1 Å². The number of nitrogens with one attached hydrogen (secondary N) is 1. The second-order valence-corrected chi connectivity index (χ2v) is 8.59. The number of rotatable bonds is 6. The monoisotopic (exact) mass is 437 g/mol. The van der Waals surface area contributed by atoms with E-state index in [0.29, 0.717) is 53.2 Å². The molecular formula is C19H24FN5O4S. The lowest BCUT2D eigenvalue weighted by atomic mass is 9.97. The molecule has 0 aliphatic carbocycles. The van der Waals surface area contributed by atoms with Crippen LogP contribution in [0.2, 0.25) is 0 Å². The molecule has 2 aromatic rings. The maximum Gasteiger partial charge on any atom is 0.274 e. The zero-order chi connectivity index (χ0) is 21.9. The van der Waals surface area contributed by atoms with Gasteiger partial charge in [-0.2, -0.15) is 18.4 Å². The van der Waals surface area contributed by atoms with Crippen molar-refractivity contribution in [1.82, 2.24) is 9.71 Å². The number of halogens is 1. The lowest BCUT2D eigenvalue weighted by Gasteiger charge is -2.27. The number of ether oxygens (including phenoxy) is 2. The molecule has 162 valence electrons. The number of alkyl halides is 1. The van der Waals surface area contributed by atoms with Gasteiger partial charge < -0.3 is 14.4 Å². The third-order valence-corrected chi connectivity index (χ3v) is 5.80. The number of nitriles is 1. The van der Waals surface area contributed by atoms with E-state index >= 15 is 4.39 Å². The molecule has 0 amide bonds. The molecule has 3 rings (SSSR count). The van der Waals surface area contributed by atoms with Crippen molar-refractivity contribution in [2.45, 2.75) is 24.9 Å². The van der Waals surface area contributed by atoms with Crippen molar-refractivity contribution >= 4 is 26.8 Å². The number of nitrogens with two attached hydrogens (primary N) is 1. The number of hydrogen-bond acceptors (Lipinski definition) is 7. The van der Waals surface area contributed by atoms with Crippen LogP contribution in [0.25, 0.3) is 10.9 Å². The van der Waals surface area contributed by atoms with Gasteiger partial charge in [-0.3, -0.25) is 4.98 Å². The molecule has 1 fully saturated rings. The SMILES string of the molecule is COc1cc2ncc(C#N)c(N3CCCC(F)(CNS(N)(=O)=O)CC3)c2cc1OC. The van der Waals surface area contributed by atoms with E-state index in [-0.39, 0.29) is 19.4 Å². The molecule has 9 nitrogen and oxygen atoms in total. The Morgan fingerprint density at radius 2 is 2.00 bits per heavy atom. The molecule has 2 heterocycles. The van der Waals surface area contributed by atoms with E-state index in [2.05, 4.69) is 15.8 Å². The van der Waals surface area contributed by atoms with E-state index in [9.17, 15) is 13.7 Å². The highest BCUT2D eigenvalue weighted by Crippen LogP contribution is 2.39. The average Bonchev–Trinajstić information content (AvgIpc) is 2.92. The van der Waals surface area contributed by atoms with Gasteiger partial charge in [-0.15, -0.1) is 0 Å². The number of benzene rings is 1. The molecule has 1 atom stereocenters. The number of fused-ring (bicyclic) bond motifs is 1. The standard InChI is InChI=1S/C19H24FN5O4S/c1-28-16-8-14-15(9-17(16)29-2)23-11-13(10-21)18(14)25-6-3-4-19(20,5-7-25)12-24-30(22,26)27/h8-9,11,24H,3-7,12H2,1-2H3,(H2,22,26,27). The fourth-order valence-electron chi connectivity index (χ4n) is 3.72. The maximum atomic E-state index is 15.2. The Bertz CT molecular complexity index is 1090. The minimum atomic E-state index is -3.97. The van der Waals surface area contributed by atoms with Gasteiger partial charge in [0.05, 0.1) is 31.0 Å². The summed E-state index contributed by atoms with van der Waals surface area (Å²) in [5.41, 5.74) is -0.0956. The van der Waals surface area contributed by atoms with E-state index in [1.807, 2.05) is 4.90 Å². The Hall–Kier alpha value is -2.68. The third-order valence-electron chi connectivity index (χ3n) is 5.25. The van der Waals surface area contributed by atoms with Crippen LogP contribution in [0.15, 0.2) is 18.3 Å². The molecule has 0 bridgehead atoms. The van der Waals surface area contributed by atoms with Crippen molar-refractivity contribution in [3.8, 4) is 17.6 Å². The molecule has 1 aliphatic rings. The van der Waals surface area contributed by atoms with Crippen molar-refractivity contribution in [2.75, 3.05) is 38.8 Å². The van der Waals surface area contributed by atoms with Gasteiger partial charge >= 0.3 is 0 Å². The second-order valence-electron chi connectivity index (χ2n) is 7.21. The summed E-state index contributed by atoms with van der Waals surface area (Å²) < 4.78 is 50.3. The molecule has 0 saturated carbocycles. The summed E-state index contributed by atoms with van der Waals surface area (Å²) in [5.74, 6) is 1.01. The topological polar surface area (TPSA) is 131 Å². The van der Waals surface area contributed by atoms with E-state index in [4.69, 9.17) is 14.6 Å². The van der Waals surface area contributed by atoms with Gasteiger partial charge in [0.15, 0.2) is 11.5 Å². The van der Waals surface area contributed by atoms with Crippen LogP contribution in [-0.4, -0.2) is 52.9 Å². The summed E-state index contributed by atoms with van der Waals surface area (Å²) in [7, 11) is -0.926. The van der Waals surface area contributed by atoms with Gasteiger partial charge in [-0.1, -0.05) is 0 Å². The Balaban J connectivity index is 1.98. The first-order valence-electron chi connectivity index (χ1n) is 9.36. The molecule has 1 saturated heterocycles. The Labute approximate surface area is 174 Å². The Morgan fingerprint density at radius 3 is 2.63 bits per heavy atom. The first kappa shape index (κ1) is 22.0. The van der Waals surface area contributed by atoms with Gasteiger partial charge in [0.2, 0.25) is 0 Å². The summed E-state index contributed by atoms with van der Waals surface area (Å²) >= 11 is 0. The van der Waals surface area contributed by atoms with Crippen LogP contribution in [0, 0.1) is 11.3 Å². The maximum absolute atomic E-state index is 15.2. The zero-order valence-electron chi connectivity index (χ0n) is 16.8. The number of methoxy groups -OCH3 is 2. The van der Waals surface area contributed by atoms with Gasteiger partial charge in [0, 0.05) is 43.7 Å². The summed E-state index contributed by atoms with van der Waals surface area (Å²) in [6.45, 7) is 0.418. The quantitative estimate of drug-likeness (QED) is 0.702. The molecule has 3 N–H and O–H groups in total. The van der Waals surface area contributed by atoms with Crippen LogP contribution in [-0.2, 0) is 10.2 Å². The highest BCUT2D eigenvalue weighted by Gasteiger charge is 2.34. The van der Waals surface area contributed by atoms with Gasteiger partial charge in [-0.25, -0.2) is 9.53 Å². The minimum Gasteiger partial charge on any atom is -0.493 e. The van der Waals surface area contributed by atoms with Gasteiger partial charge in [0.25, 0.3) is 10.2 Å². The van der Waals surface area contributed by atoms with Crippen LogP contribution < -0.4 is 24.2 Å². The lowest BCUT2D eigenvalue weighted by molar-refractivity contribution is 0.150. The third kappa shape index (κ3) is 4.72. The van der Waals surface area contributed by atoms with Crippen molar-refractivity contribution in [2.24, 2.45) is 5.14 Å². The van der Waals surface area contributed by atoms with E-state index in [1.165, 1.54) is 20.4 Å². The fraction of sp³-hybridized carbons (Fsp3) is 0.474. The van der Waals surface area contributed by atoms with E-state index in [0.717, 1.165) is 0 Å². The molecular weight excluding hydrogens is 413 g/mol. The Morgan fingerprint density at radius 1 is 1.30 bits per heavy atom. The van der Waals surface area contributed by atoms with Crippen molar-refractivity contribution < 1.29 is 22.3 Å². The molecule has 11 heteroatoms. The highest BCUT2D eigenvalue weighted by molar-refractivity contribution is 7.87. The highest BCUT2D eigenvalue weighted by atomic mass is 32.2. The summed E-state index contributed by atoms with van der Waals surface area (Å²) in [6.07, 6.45) is 2.22. The number of aromatic nitrogens is 1. The smallest absolute Gasteiger partial charge is 0.274 e. The molecule has 1 unspecified atom stereocenters. The van der Waals surface area contributed by atoms with Crippen LogP contribution in [0.1, 0.15) is 24.8 Å². The number of anilines is 1. The summed E-state index contributed by atoms with van der Waals surface area (Å²) in [6, 6.07) is 5.64. The fourth-order valence-corrected chi connectivity index (χ4v) is 4.18. The normalized spacial score (nSPS) is 19.9. The van der Waals surface area contributed by atoms with Crippen LogP contribution >= 0.6 is 0 Å².